The zero-order valence-corrected chi connectivity index (χ0v) is 21.0. The van der Waals surface area contributed by atoms with Crippen LogP contribution in [-0.2, 0) is 14.4 Å². The number of halogens is 1. The van der Waals surface area contributed by atoms with Crippen molar-refractivity contribution in [2.75, 3.05) is 4.90 Å². The lowest BCUT2D eigenvalue weighted by molar-refractivity contribution is -0.134. The van der Waals surface area contributed by atoms with Crippen molar-refractivity contribution < 1.29 is 14.4 Å². The molecule has 36 heavy (non-hydrogen) atoms. The van der Waals surface area contributed by atoms with E-state index in [2.05, 4.69) is 0 Å². The molecular formula is C31H26ClNO3. The zero-order valence-electron chi connectivity index (χ0n) is 20.2. The third-order valence-electron chi connectivity index (χ3n) is 8.41. The van der Waals surface area contributed by atoms with E-state index in [4.69, 9.17) is 11.6 Å². The van der Waals surface area contributed by atoms with E-state index < -0.39 is 22.7 Å². The van der Waals surface area contributed by atoms with E-state index in [-0.39, 0.29) is 17.6 Å². The number of carbonyl (C=O) groups excluding carboxylic acids is 3. The number of carbonyl (C=O) groups is 3. The van der Waals surface area contributed by atoms with Gasteiger partial charge in [0, 0.05) is 5.02 Å². The molecule has 3 aromatic carbocycles. The highest BCUT2D eigenvalue weighted by atomic mass is 35.5. The van der Waals surface area contributed by atoms with Crippen LogP contribution in [0.3, 0.4) is 0 Å². The molecule has 0 unspecified atom stereocenters. The molecule has 4 atom stereocenters. The highest BCUT2D eigenvalue weighted by molar-refractivity contribution is 6.35. The molecule has 0 spiro atoms. The lowest BCUT2D eigenvalue weighted by Crippen LogP contribution is -2.41. The molecule has 2 aliphatic carbocycles. The van der Waals surface area contributed by atoms with Gasteiger partial charge in [-0.25, -0.2) is 4.90 Å². The predicted octanol–water partition coefficient (Wildman–Crippen LogP) is 6.45. The second-order valence-electron chi connectivity index (χ2n) is 10.2. The summed E-state index contributed by atoms with van der Waals surface area (Å²) in [6.45, 7) is 3.92. The number of hydrogen-bond donors (Lipinski definition) is 0. The minimum absolute atomic E-state index is 0.00186. The normalized spacial score (nSPS) is 28.9. The van der Waals surface area contributed by atoms with Gasteiger partial charge in [-0.2, -0.15) is 0 Å². The van der Waals surface area contributed by atoms with E-state index in [1.54, 1.807) is 24.3 Å². The quantitative estimate of drug-likeness (QED) is 0.382. The van der Waals surface area contributed by atoms with Crippen LogP contribution >= 0.6 is 11.6 Å². The van der Waals surface area contributed by atoms with Gasteiger partial charge in [0.25, 0.3) is 0 Å². The van der Waals surface area contributed by atoms with Gasteiger partial charge in [-0.15, -0.1) is 0 Å². The standard InChI is InChI=1S/C31H26ClNO3/c1-3-18-31-24(20-12-8-5-9-13-20)23(19-10-6-4-7-11-19)30(2,29(31)36)25-26(31)28(35)33(27(25)34)22-16-14-21(32)15-17-22/h4-17,25-26H,3,18H2,1-2H3/t25-,26+,30-,31+/m0/s1. The molecule has 2 fully saturated rings. The molecule has 180 valence electrons. The Balaban J connectivity index is 1.65. The summed E-state index contributed by atoms with van der Waals surface area (Å²) in [4.78, 5) is 44.1. The lowest BCUT2D eigenvalue weighted by atomic mass is 9.61. The van der Waals surface area contributed by atoms with E-state index in [0.717, 1.165) is 22.3 Å². The Morgan fingerprint density at radius 3 is 1.83 bits per heavy atom. The lowest BCUT2D eigenvalue weighted by Gasteiger charge is -2.37. The van der Waals surface area contributed by atoms with Crippen LogP contribution in [0.4, 0.5) is 5.69 Å². The van der Waals surface area contributed by atoms with Crippen molar-refractivity contribution >= 4 is 46.0 Å². The first kappa shape index (κ1) is 22.9. The van der Waals surface area contributed by atoms with Gasteiger partial charge in [0.05, 0.1) is 28.4 Å². The van der Waals surface area contributed by atoms with E-state index in [0.29, 0.717) is 23.6 Å². The van der Waals surface area contributed by atoms with Crippen molar-refractivity contribution in [3.05, 3.63) is 101 Å². The number of fused-ring (bicyclic) bond motifs is 5. The van der Waals surface area contributed by atoms with Crippen molar-refractivity contribution in [1.29, 1.82) is 0 Å². The number of rotatable bonds is 5. The molecule has 0 aromatic heterocycles. The SMILES string of the molecule is CCC[C@@]12C(=O)[C@@](C)(C(c3ccccc3)=C1c1ccccc1)[C@@H]1C(=O)N(c3ccc(Cl)cc3)C(=O)[C@@H]12. The summed E-state index contributed by atoms with van der Waals surface area (Å²) in [7, 11) is 0. The van der Waals surface area contributed by atoms with Crippen LogP contribution in [0.5, 0.6) is 0 Å². The number of amides is 2. The maximum Gasteiger partial charge on any atom is 0.239 e. The Morgan fingerprint density at radius 2 is 1.28 bits per heavy atom. The summed E-state index contributed by atoms with van der Waals surface area (Å²) in [5.41, 5.74) is 1.97. The smallest absolute Gasteiger partial charge is 0.239 e. The van der Waals surface area contributed by atoms with Gasteiger partial charge in [-0.05, 0) is 59.9 Å². The maximum atomic E-state index is 14.6. The number of hydrogen-bond acceptors (Lipinski definition) is 3. The van der Waals surface area contributed by atoms with Crippen molar-refractivity contribution in [3.63, 3.8) is 0 Å². The van der Waals surface area contributed by atoms with Gasteiger partial charge >= 0.3 is 0 Å². The average Bonchev–Trinajstić information content (AvgIpc) is 3.36. The molecule has 5 heteroatoms. The number of imide groups is 1. The first-order valence-corrected chi connectivity index (χ1v) is 12.8. The zero-order chi connectivity index (χ0) is 25.2. The topological polar surface area (TPSA) is 54.5 Å². The Kier molecular flexibility index (Phi) is 5.10. The predicted molar refractivity (Wildman–Crippen MR) is 141 cm³/mol. The van der Waals surface area contributed by atoms with Crippen LogP contribution in [-0.4, -0.2) is 17.6 Å². The van der Waals surface area contributed by atoms with E-state index in [1.807, 2.05) is 74.5 Å². The Bertz CT molecular complexity index is 1430. The maximum absolute atomic E-state index is 14.6. The van der Waals surface area contributed by atoms with Crippen LogP contribution < -0.4 is 4.90 Å². The van der Waals surface area contributed by atoms with Crippen LogP contribution in [0.2, 0.25) is 5.02 Å². The van der Waals surface area contributed by atoms with Gasteiger partial charge in [0.1, 0.15) is 0 Å². The summed E-state index contributed by atoms with van der Waals surface area (Å²) in [5.74, 6) is -2.08. The summed E-state index contributed by atoms with van der Waals surface area (Å²) >= 11 is 6.08. The van der Waals surface area contributed by atoms with Crippen LogP contribution in [0.25, 0.3) is 11.1 Å². The van der Waals surface area contributed by atoms with Crippen LogP contribution in [0.15, 0.2) is 84.9 Å². The van der Waals surface area contributed by atoms with Crippen molar-refractivity contribution in [2.24, 2.45) is 22.7 Å². The number of anilines is 1. The van der Waals surface area contributed by atoms with E-state index >= 15 is 0 Å². The molecule has 0 radical (unpaired) electrons. The minimum atomic E-state index is -1.11. The molecule has 1 aliphatic heterocycles. The molecule has 2 bridgehead atoms. The molecule has 1 heterocycles. The first-order chi connectivity index (χ1) is 17.4. The summed E-state index contributed by atoms with van der Waals surface area (Å²) in [6, 6.07) is 26.5. The second kappa shape index (κ2) is 8.01. The number of benzene rings is 3. The van der Waals surface area contributed by atoms with Crippen molar-refractivity contribution in [1.82, 2.24) is 0 Å². The average molecular weight is 496 g/mol. The minimum Gasteiger partial charge on any atom is -0.298 e. The molecule has 2 amide bonds. The van der Waals surface area contributed by atoms with E-state index in [1.165, 1.54) is 4.90 Å². The van der Waals surface area contributed by atoms with Crippen LogP contribution in [0.1, 0.15) is 37.8 Å². The molecule has 1 saturated carbocycles. The molecule has 1 saturated heterocycles. The Morgan fingerprint density at radius 1 is 0.750 bits per heavy atom. The fourth-order valence-corrected chi connectivity index (χ4v) is 7.33. The first-order valence-electron chi connectivity index (χ1n) is 12.4. The third kappa shape index (κ3) is 2.74. The molecular weight excluding hydrogens is 470 g/mol. The monoisotopic (exact) mass is 495 g/mol. The van der Waals surface area contributed by atoms with Gasteiger partial charge in [0.15, 0.2) is 5.78 Å². The molecule has 3 aromatic rings. The number of nitrogens with zero attached hydrogens (tertiary/aromatic N) is 1. The van der Waals surface area contributed by atoms with Crippen molar-refractivity contribution in [3.8, 4) is 0 Å². The number of Topliss-reactive ketones (excluding diaryl/α,β-unsaturated/α-hetero) is 1. The molecule has 0 N–H and O–H groups in total. The van der Waals surface area contributed by atoms with Gasteiger partial charge in [-0.1, -0.05) is 85.6 Å². The van der Waals surface area contributed by atoms with Gasteiger partial charge in [-0.3, -0.25) is 14.4 Å². The second-order valence-corrected chi connectivity index (χ2v) is 10.6. The Hall–Kier alpha value is -3.50. The van der Waals surface area contributed by atoms with Crippen LogP contribution in [0, 0.1) is 22.7 Å². The van der Waals surface area contributed by atoms with Crippen molar-refractivity contribution in [2.45, 2.75) is 26.7 Å². The fourth-order valence-electron chi connectivity index (χ4n) is 7.20. The summed E-state index contributed by atoms with van der Waals surface area (Å²) < 4.78 is 0. The highest BCUT2D eigenvalue weighted by Crippen LogP contribution is 2.74. The number of ketones is 1. The van der Waals surface area contributed by atoms with E-state index in [9.17, 15) is 14.4 Å². The molecule has 3 aliphatic rings. The fraction of sp³-hybridized carbons (Fsp3) is 0.258. The van der Waals surface area contributed by atoms with Gasteiger partial charge < -0.3 is 0 Å². The summed E-state index contributed by atoms with van der Waals surface area (Å²) in [5, 5.41) is 0.530. The summed E-state index contributed by atoms with van der Waals surface area (Å²) in [6.07, 6.45) is 1.22. The molecule has 4 nitrogen and oxygen atoms in total. The highest BCUT2D eigenvalue weighted by Gasteiger charge is 2.79. The van der Waals surface area contributed by atoms with Gasteiger partial charge in [0.2, 0.25) is 11.8 Å². The molecule has 6 rings (SSSR count). The number of allylic oxidation sites excluding steroid dienone is 2. The Labute approximate surface area is 215 Å². The largest absolute Gasteiger partial charge is 0.298 e. The third-order valence-corrected chi connectivity index (χ3v) is 8.66.